The van der Waals surface area contributed by atoms with Gasteiger partial charge in [-0.15, -0.1) is 0 Å². The van der Waals surface area contributed by atoms with Gasteiger partial charge in [-0.3, -0.25) is 0 Å². The van der Waals surface area contributed by atoms with Crippen LogP contribution in [-0.4, -0.2) is 24.9 Å². The van der Waals surface area contributed by atoms with Crippen molar-refractivity contribution in [2.75, 3.05) is 0 Å². The normalized spacial score (nSPS) is 11.6. The molecule has 0 spiro atoms. The van der Waals surface area contributed by atoms with Crippen LogP contribution in [0.25, 0.3) is 78.8 Å². The minimum atomic E-state index is 0.594. The lowest BCUT2D eigenvalue weighted by atomic mass is 9.95. The molecule has 3 heterocycles. The van der Waals surface area contributed by atoms with Crippen LogP contribution >= 0.6 is 0 Å². The molecule has 220 valence electrons. The van der Waals surface area contributed by atoms with Gasteiger partial charge in [0.2, 0.25) is 0 Å². The fraction of sp³-hybridized carbons (Fsp3) is 0. The molecule has 0 bridgehead atoms. The predicted octanol–water partition coefficient (Wildman–Crippen LogP) is 9.92. The van der Waals surface area contributed by atoms with Crippen molar-refractivity contribution in [3.63, 3.8) is 0 Å². The third-order valence-corrected chi connectivity index (χ3v) is 8.33. The molecular weight excluding hydrogens is 578 g/mol. The number of fused-ring (bicyclic) bond motifs is 2. The Hall–Kier alpha value is -6.53. The summed E-state index contributed by atoms with van der Waals surface area (Å²) in [6.45, 7) is 0. The summed E-state index contributed by atoms with van der Waals surface area (Å²) in [5.41, 5.74) is 8.25. The van der Waals surface area contributed by atoms with Crippen molar-refractivity contribution in [2.24, 2.45) is 0 Å². The van der Waals surface area contributed by atoms with Crippen molar-refractivity contribution in [1.82, 2.24) is 24.9 Å². The second-order valence-electron chi connectivity index (χ2n) is 11.3. The van der Waals surface area contributed by atoms with E-state index in [-0.39, 0.29) is 0 Å². The summed E-state index contributed by atoms with van der Waals surface area (Å²) < 4.78 is 6.66. The molecule has 6 heteroatoms. The minimum Gasteiger partial charge on any atom is -0.455 e. The van der Waals surface area contributed by atoms with E-state index in [1.807, 2.05) is 121 Å². The molecule has 9 rings (SSSR count). The lowest BCUT2D eigenvalue weighted by molar-refractivity contribution is 0.488. The van der Waals surface area contributed by atoms with E-state index in [9.17, 15) is 0 Å². The van der Waals surface area contributed by atoms with Gasteiger partial charge in [0.05, 0.1) is 16.6 Å². The maximum absolute atomic E-state index is 6.66. The van der Waals surface area contributed by atoms with Crippen molar-refractivity contribution < 1.29 is 4.74 Å². The zero-order valence-electron chi connectivity index (χ0n) is 25.1. The third kappa shape index (κ3) is 4.80. The summed E-state index contributed by atoms with van der Waals surface area (Å²) >= 11 is 0. The van der Waals surface area contributed by atoms with Crippen molar-refractivity contribution >= 4 is 10.9 Å². The van der Waals surface area contributed by atoms with Crippen LogP contribution in [0.2, 0.25) is 0 Å². The molecule has 0 saturated heterocycles. The third-order valence-electron chi connectivity index (χ3n) is 8.33. The van der Waals surface area contributed by atoms with Crippen LogP contribution < -0.4 is 4.74 Å². The Kier molecular flexibility index (Phi) is 6.35. The molecule has 8 aromatic rings. The van der Waals surface area contributed by atoms with Crippen LogP contribution in [0, 0.1) is 0 Å². The largest absolute Gasteiger partial charge is 0.455 e. The van der Waals surface area contributed by atoms with Gasteiger partial charge in [-0.2, -0.15) is 0 Å². The highest BCUT2D eigenvalue weighted by Gasteiger charge is 2.26. The van der Waals surface area contributed by atoms with Crippen LogP contribution in [0.1, 0.15) is 0 Å². The maximum atomic E-state index is 6.66. The highest BCUT2D eigenvalue weighted by Crippen LogP contribution is 2.49. The van der Waals surface area contributed by atoms with Crippen LogP contribution in [0.3, 0.4) is 0 Å². The molecule has 0 unspecified atom stereocenters. The minimum absolute atomic E-state index is 0.594. The van der Waals surface area contributed by atoms with Crippen molar-refractivity contribution in [3.05, 3.63) is 152 Å². The van der Waals surface area contributed by atoms with E-state index in [0.717, 1.165) is 67.0 Å². The number of ether oxygens (including phenoxy) is 1. The molecule has 0 N–H and O–H groups in total. The van der Waals surface area contributed by atoms with E-state index >= 15 is 0 Å². The summed E-state index contributed by atoms with van der Waals surface area (Å²) in [6.07, 6.45) is 0. The van der Waals surface area contributed by atoms with E-state index in [2.05, 4.69) is 30.3 Å². The first-order valence-electron chi connectivity index (χ1n) is 15.4. The molecule has 47 heavy (non-hydrogen) atoms. The molecular formula is C41H25N5O. The fourth-order valence-electron chi connectivity index (χ4n) is 6.06. The SMILES string of the molecule is c1ccc(-c2nc(-c3ccccc3)nc(-c3cccc(-c4ccc5nc(-c6ccccc6)nc6c5c4Oc4ccccc4-6)c3)n2)cc1. The number of aromatic nitrogens is 5. The van der Waals surface area contributed by atoms with Gasteiger partial charge in [-0.25, -0.2) is 24.9 Å². The monoisotopic (exact) mass is 603 g/mol. The Morgan fingerprint density at radius 2 is 0.872 bits per heavy atom. The number of nitrogens with zero attached hydrogens (tertiary/aromatic N) is 5. The van der Waals surface area contributed by atoms with Crippen LogP contribution in [0.15, 0.2) is 152 Å². The molecule has 0 radical (unpaired) electrons. The summed E-state index contributed by atoms with van der Waals surface area (Å²) in [4.78, 5) is 24.8. The van der Waals surface area contributed by atoms with Gasteiger partial charge >= 0.3 is 0 Å². The first-order chi connectivity index (χ1) is 23.3. The van der Waals surface area contributed by atoms with Gasteiger partial charge in [0.15, 0.2) is 23.3 Å². The molecule has 1 aliphatic heterocycles. The first kappa shape index (κ1) is 26.8. The van der Waals surface area contributed by atoms with Gasteiger partial charge in [-0.1, -0.05) is 121 Å². The van der Waals surface area contributed by atoms with Crippen molar-refractivity contribution in [1.29, 1.82) is 0 Å². The van der Waals surface area contributed by atoms with Gasteiger partial charge in [0.1, 0.15) is 11.5 Å². The van der Waals surface area contributed by atoms with Gasteiger partial charge in [-0.05, 0) is 35.9 Å². The summed E-state index contributed by atoms with van der Waals surface area (Å²) in [5.74, 6) is 4.02. The van der Waals surface area contributed by atoms with E-state index in [4.69, 9.17) is 29.7 Å². The van der Waals surface area contributed by atoms with E-state index in [1.54, 1.807) is 0 Å². The smallest absolute Gasteiger partial charge is 0.164 e. The molecule has 6 nitrogen and oxygen atoms in total. The quantitative estimate of drug-likeness (QED) is 0.195. The number of hydrogen-bond donors (Lipinski definition) is 0. The average molecular weight is 604 g/mol. The zero-order valence-corrected chi connectivity index (χ0v) is 25.1. The van der Waals surface area contributed by atoms with Crippen LogP contribution in [0.5, 0.6) is 11.5 Å². The van der Waals surface area contributed by atoms with Crippen LogP contribution in [-0.2, 0) is 0 Å². The highest BCUT2D eigenvalue weighted by molar-refractivity contribution is 6.05. The Labute approximate surface area is 271 Å². The predicted molar refractivity (Wildman–Crippen MR) is 186 cm³/mol. The van der Waals surface area contributed by atoms with Crippen LogP contribution in [0.4, 0.5) is 0 Å². The lowest BCUT2D eigenvalue weighted by Crippen LogP contribution is -2.03. The second kappa shape index (κ2) is 11.1. The average Bonchev–Trinajstić information content (AvgIpc) is 3.16. The summed E-state index contributed by atoms with van der Waals surface area (Å²) in [6, 6.07) is 50.5. The summed E-state index contributed by atoms with van der Waals surface area (Å²) in [5, 5.41) is 0.893. The molecule has 0 aliphatic carbocycles. The summed E-state index contributed by atoms with van der Waals surface area (Å²) in [7, 11) is 0. The zero-order chi connectivity index (χ0) is 31.2. The Balaban J connectivity index is 1.22. The Morgan fingerprint density at radius 1 is 0.362 bits per heavy atom. The van der Waals surface area contributed by atoms with E-state index in [1.165, 1.54) is 0 Å². The van der Waals surface area contributed by atoms with E-state index in [0.29, 0.717) is 23.3 Å². The topological polar surface area (TPSA) is 73.7 Å². The molecule has 1 aliphatic rings. The standard InChI is InChI=1S/C41H25N5O/c1-4-13-26(14-5-1)38-42-33-24-23-31(37-35(33)36(43-38)32-21-10-11-22-34(32)47-37)29-19-12-20-30(25-29)41-45-39(27-15-6-2-7-16-27)44-40(46-41)28-17-8-3-9-18-28/h1-25H. The Morgan fingerprint density at radius 3 is 1.51 bits per heavy atom. The number of hydrogen-bond acceptors (Lipinski definition) is 6. The first-order valence-corrected chi connectivity index (χ1v) is 15.4. The number of para-hydroxylation sites is 1. The van der Waals surface area contributed by atoms with Gasteiger partial charge < -0.3 is 4.74 Å². The molecule has 2 aromatic heterocycles. The van der Waals surface area contributed by atoms with Gasteiger partial charge in [0.25, 0.3) is 0 Å². The molecule has 0 saturated carbocycles. The highest BCUT2D eigenvalue weighted by atomic mass is 16.5. The van der Waals surface area contributed by atoms with Crippen molar-refractivity contribution in [2.45, 2.75) is 0 Å². The second-order valence-corrected chi connectivity index (χ2v) is 11.3. The molecule has 0 fully saturated rings. The van der Waals surface area contributed by atoms with E-state index < -0.39 is 0 Å². The number of benzene rings is 6. The Bertz CT molecular complexity index is 2370. The fourth-order valence-corrected chi connectivity index (χ4v) is 6.06. The lowest BCUT2D eigenvalue weighted by Gasteiger charge is -2.23. The maximum Gasteiger partial charge on any atom is 0.164 e. The molecule has 6 aromatic carbocycles. The van der Waals surface area contributed by atoms with Crippen molar-refractivity contribution in [3.8, 4) is 79.4 Å². The molecule has 0 atom stereocenters. The molecule has 0 amide bonds. The number of rotatable bonds is 5. The van der Waals surface area contributed by atoms with Gasteiger partial charge in [0, 0.05) is 33.4 Å².